The van der Waals surface area contributed by atoms with Gasteiger partial charge in [0.15, 0.2) is 0 Å². The predicted octanol–water partition coefficient (Wildman–Crippen LogP) is 7.64. The molecular weight excluding hydrogens is 567 g/mol. The van der Waals surface area contributed by atoms with E-state index in [-0.39, 0.29) is 18.2 Å². The Labute approximate surface area is 260 Å². The van der Waals surface area contributed by atoms with Crippen molar-refractivity contribution in [2.75, 3.05) is 13.1 Å². The van der Waals surface area contributed by atoms with Crippen molar-refractivity contribution in [3.63, 3.8) is 0 Å². The normalized spacial score (nSPS) is 20.5. The zero-order chi connectivity index (χ0) is 30.4. The standard InChI is InChI=1S/C35H39N6O2P/c1-35(2,3)43-34(42)41-14-4-5-31(41)33-38-19-29(40-33)22-8-6-21(7-9-22)23-10-11-25-16-26(13-12-24(25)15-23)30-20-37-32(39-30)28-17-27(44)18-36-28/h6-13,15-16,19-20,27-28,31,36H,4-5,14,17-18,44H2,1-3H3,(H,37,39)(H,38,40)/t27-,28+,31+/m1/s1. The summed E-state index contributed by atoms with van der Waals surface area (Å²) in [7, 11) is 2.91. The number of amides is 1. The van der Waals surface area contributed by atoms with Crippen LogP contribution >= 0.6 is 9.24 Å². The zero-order valence-corrected chi connectivity index (χ0v) is 26.6. The molecule has 44 heavy (non-hydrogen) atoms. The molecule has 0 bridgehead atoms. The van der Waals surface area contributed by atoms with E-state index in [9.17, 15) is 4.79 Å². The minimum Gasteiger partial charge on any atom is -0.444 e. The van der Waals surface area contributed by atoms with E-state index < -0.39 is 5.60 Å². The van der Waals surface area contributed by atoms with E-state index in [1.807, 2.05) is 33.2 Å². The van der Waals surface area contributed by atoms with Gasteiger partial charge in [0.1, 0.15) is 17.2 Å². The molecule has 2 aromatic heterocycles. The summed E-state index contributed by atoms with van der Waals surface area (Å²) >= 11 is 0. The fraction of sp³-hybridized carbons (Fsp3) is 0.343. The Morgan fingerprint density at radius 1 is 0.864 bits per heavy atom. The molecule has 0 aliphatic carbocycles. The van der Waals surface area contributed by atoms with Gasteiger partial charge in [-0.25, -0.2) is 14.8 Å². The molecule has 0 spiro atoms. The Morgan fingerprint density at radius 2 is 1.48 bits per heavy atom. The molecule has 0 saturated carbocycles. The van der Waals surface area contributed by atoms with Crippen molar-refractivity contribution in [1.82, 2.24) is 30.2 Å². The highest BCUT2D eigenvalue weighted by Crippen LogP contribution is 2.34. The lowest BCUT2D eigenvalue weighted by atomic mass is 9.98. The predicted molar refractivity (Wildman–Crippen MR) is 178 cm³/mol. The quantitative estimate of drug-likeness (QED) is 0.179. The molecule has 7 rings (SSSR count). The second kappa shape index (κ2) is 11.5. The van der Waals surface area contributed by atoms with Crippen LogP contribution in [0.25, 0.3) is 44.4 Å². The lowest BCUT2D eigenvalue weighted by molar-refractivity contribution is 0.0218. The number of hydrogen-bond acceptors (Lipinski definition) is 5. The molecular formula is C35H39N6O2P. The number of nitrogens with zero attached hydrogens (tertiary/aromatic N) is 3. The van der Waals surface area contributed by atoms with Crippen LogP contribution in [0.15, 0.2) is 73.1 Å². The summed E-state index contributed by atoms with van der Waals surface area (Å²) in [6, 6.07) is 21.9. The molecule has 2 saturated heterocycles. The van der Waals surface area contributed by atoms with Crippen molar-refractivity contribution in [2.24, 2.45) is 0 Å². The number of imidazole rings is 2. The second-order valence-corrected chi connectivity index (χ2v) is 13.9. The molecule has 3 N–H and O–H groups in total. The van der Waals surface area contributed by atoms with Crippen molar-refractivity contribution >= 4 is 26.1 Å². The lowest BCUT2D eigenvalue weighted by Gasteiger charge is -2.27. The van der Waals surface area contributed by atoms with E-state index in [0.717, 1.165) is 65.5 Å². The van der Waals surface area contributed by atoms with Gasteiger partial charge >= 0.3 is 6.09 Å². The first kappa shape index (κ1) is 28.8. The third-order valence-corrected chi connectivity index (χ3v) is 9.07. The summed E-state index contributed by atoms with van der Waals surface area (Å²) in [5.74, 6) is 1.81. The van der Waals surface area contributed by atoms with Gasteiger partial charge in [-0.3, -0.25) is 4.90 Å². The van der Waals surface area contributed by atoms with Gasteiger partial charge in [-0.2, -0.15) is 0 Å². The van der Waals surface area contributed by atoms with Crippen LogP contribution in [0.2, 0.25) is 0 Å². The molecule has 2 aliphatic rings. The Morgan fingerprint density at radius 3 is 2.18 bits per heavy atom. The summed E-state index contributed by atoms with van der Waals surface area (Å²) in [6.45, 7) is 7.37. The van der Waals surface area contributed by atoms with Gasteiger partial charge in [0.2, 0.25) is 0 Å². The number of carbonyl (C=O) groups excluding carboxylic acids is 1. The molecule has 4 atom stereocenters. The van der Waals surface area contributed by atoms with Crippen LogP contribution in [-0.2, 0) is 4.74 Å². The maximum absolute atomic E-state index is 12.8. The van der Waals surface area contributed by atoms with Crippen LogP contribution < -0.4 is 5.32 Å². The van der Waals surface area contributed by atoms with Crippen LogP contribution in [0.1, 0.15) is 63.8 Å². The van der Waals surface area contributed by atoms with Crippen LogP contribution in [0.5, 0.6) is 0 Å². The number of aromatic nitrogens is 4. The molecule has 1 amide bonds. The van der Waals surface area contributed by atoms with Crippen molar-refractivity contribution < 1.29 is 9.53 Å². The van der Waals surface area contributed by atoms with E-state index in [0.29, 0.717) is 12.2 Å². The largest absolute Gasteiger partial charge is 0.444 e. The molecule has 2 fully saturated rings. The van der Waals surface area contributed by atoms with Gasteiger partial charge in [-0.1, -0.05) is 48.5 Å². The SMILES string of the molecule is CC(C)(C)OC(=O)N1CCC[C@H]1c1ncc(-c2ccc(-c3ccc4cc(-c5cnc([C@@H]6C[C@@H](P)CN6)[nH]5)ccc4c3)cc2)[nH]1. The molecule has 8 nitrogen and oxygen atoms in total. The Balaban J connectivity index is 1.05. The summed E-state index contributed by atoms with van der Waals surface area (Å²) in [5, 5.41) is 5.93. The van der Waals surface area contributed by atoms with Gasteiger partial charge in [0.05, 0.1) is 35.9 Å². The van der Waals surface area contributed by atoms with Crippen molar-refractivity contribution in [1.29, 1.82) is 0 Å². The number of rotatable bonds is 5. The Hall–Kier alpha value is -4.00. The third kappa shape index (κ3) is 5.89. The second-order valence-electron chi connectivity index (χ2n) is 13.0. The van der Waals surface area contributed by atoms with Crippen LogP contribution in [-0.4, -0.2) is 55.3 Å². The minimum absolute atomic E-state index is 0.0985. The summed E-state index contributed by atoms with van der Waals surface area (Å²) in [6.07, 6.45) is 6.40. The summed E-state index contributed by atoms with van der Waals surface area (Å²) < 4.78 is 5.63. The third-order valence-electron chi connectivity index (χ3n) is 8.56. The van der Waals surface area contributed by atoms with E-state index in [1.165, 1.54) is 16.3 Å². The maximum atomic E-state index is 12.8. The molecule has 3 aromatic carbocycles. The number of ether oxygens (including phenoxy) is 1. The number of likely N-dealkylation sites (tertiary alicyclic amines) is 1. The fourth-order valence-corrected chi connectivity index (χ4v) is 6.72. The number of benzene rings is 3. The first-order valence-electron chi connectivity index (χ1n) is 15.4. The van der Waals surface area contributed by atoms with Crippen molar-refractivity contribution in [2.45, 2.75) is 63.4 Å². The van der Waals surface area contributed by atoms with Gasteiger partial charge in [-0.05, 0) is 85.3 Å². The van der Waals surface area contributed by atoms with Crippen molar-refractivity contribution in [3.8, 4) is 33.6 Å². The topological polar surface area (TPSA) is 98.9 Å². The molecule has 0 radical (unpaired) electrons. The van der Waals surface area contributed by atoms with E-state index in [2.05, 4.69) is 95.2 Å². The number of nitrogens with one attached hydrogen (secondary N) is 3. The fourth-order valence-electron chi connectivity index (χ4n) is 6.31. The number of H-pyrrole nitrogens is 2. The first-order valence-corrected chi connectivity index (χ1v) is 16.1. The number of hydrogen-bond donors (Lipinski definition) is 3. The van der Waals surface area contributed by atoms with E-state index in [1.54, 1.807) is 4.90 Å². The Bertz CT molecular complexity index is 1800. The monoisotopic (exact) mass is 606 g/mol. The number of carbonyl (C=O) groups is 1. The highest BCUT2D eigenvalue weighted by molar-refractivity contribution is 7.17. The molecule has 9 heteroatoms. The zero-order valence-electron chi connectivity index (χ0n) is 25.4. The number of aromatic amines is 2. The van der Waals surface area contributed by atoms with Crippen LogP contribution in [0.4, 0.5) is 4.79 Å². The average molecular weight is 607 g/mol. The molecule has 1 unspecified atom stereocenters. The smallest absolute Gasteiger partial charge is 0.410 e. The van der Waals surface area contributed by atoms with Crippen LogP contribution in [0, 0.1) is 0 Å². The van der Waals surface area contributed by atoms with Gasteiger partial charge in [-0.15, -0.1) is 9.24 Å². The van der Waals surface area contributed by atoms with E-state index >= 15 is 0 Å². The molecule has 2 aliphatic heterocycles. The first-order chi connectivity index (χ1) is 21.2. The van der Waals surface area contributed by atoms with Gasteiger partial charge < -0.3 is 20.0 Å². The van der Waals surface area contributed by atoms with Gasteiger partial charge in [0, 0.05) is 18.7 Å². The highest BCUT2D eigenvalue weighted by atomic mass is 31.0. The average Bonchev–Trinajstić information content (AvgIpc) is 3.82. The molecule has 4 heterocycles. The molecule has 226 valence electrons. The van der Waals surface area contributed by atoms with Gasteiger partial charge in [0.25, 0.3) is 0 Å². The van der Waals surface area contributed by atoms with Crippen LogP contribution in [0.3, 0.4) is 0 Å². The lowest BCUT2D eigenvalue weighted by Crippen LogP contribution is -2.36. The highest BCUT2D eigenvalue weighted by Gasteiger charge is 2.35. The summed E-state index contributed by atoms with van der Waals surface area (Å²) in [4.78, 5) is 30.9. The Kier molecular flexibility index (Phi) is 7.51. The maximum Gasteiger partial charge on any atom is 0.410 e. The summed E-state index contributed by atoms with van der Waals surface area (Å²) in [5.41, 5.74) is 6.57. The van der Waals surface area contributed by atoms with Crippen molar-refractivity contribution in [3.05, 3.63) is 84.7 Å². The molecule has 5 aromatic rings. The number of fused-ring (bicyclic) bond motifs is 1. The minimum atomic E-state index is -0.524. The van der Waals surface area contributed by atoms with E-state index in [4.69, 9.17) is 4.74 Å².